The van der Waals surface area contributed by atoms with Crippen molar-refractivity contribution in [2.45, 2.75) is 20.0 Å². The first-order valence-electron chi connectivity index (χ1n) is 11.4. The summed E-state index contributed by atoms with van der Waals surface area (Å²) in [6, 6.07) is 18.4. The highest BCUT2D eigenvalue weighted by molar-refractivity contribution is 5.99. The van der Waals surface area contributed by atoms with Gasteiger partial charge in [0.1, 0.15) is 48.1 Å². The summed E-state index contributed by atoms with van der Waals surface area (Å²) in [5.74, 6) is 2.67. The van der Waals surface area contributed by atoms with Crippen molar-refractivity contribution in [2.75, 3.05) is 33.9 Å². The van der Waals surface area contributed by atoms with Gasteiger partial charge in [-0.1, -0.05) is 17.7 Å². The summed E-state index contributed by atoms with van der Waals surface area (Å²) in [5.41, 5.74) is 5.30. The van der Waals surface area contributed by atoms with Gasteiger partial charge in [0.15, 0.2) is 0 Å². The summed E-state index contributed by atoms with van der Waals surface area (Å²) in [7, 11) is 4.08. The molecule has 0 bridgehead atoms. The number of aromatic hydroxyl groups is 2. The second-order valence-electron chi connectivity index (χ2n) is 8.77. The highest BCUT2D eigenvalue weighted by atomic mass is 16.5. The van der Waals surface area contributed by atoms with Crippen LogP contribution in [0.2, 0.25) is 0 Å². The van der Waals surface area contributed by atoms with E-state index in [1.54, 1.807) is 24.3 Å². The molecule has 0 fully saturated rings. The van der Waals surface area contributed by atoms with Crippen molar-refractivity contribution in [1.29, 1.82) is 0 Å². The van der Waals surface area contributed by atoms with Gasteiger partial charge in [0, 0.05) is 41.0 Å². The van der Waals surface area contributed by atoms with Crippen LogP contribution in [0.5, 0.6) is 28.7 Å². The molecular formula is C28H31NO5. The zero-order valence-corrected chi connectivity index (χ0v) is 20.0. The summed E-state index contributed by atoms with van der Waals surface area (Å²) in [6.45, 7) is 6.18. The zero-order valence-electron chi connectivity index (χ0n) is 20.0. The van der Waals surface area contributed by atoms with Crippen LogP contribution in [-0.2, 0) is 0 Å². The minimum atomic E-state index is -0.138. The number of ether oxygens (including phenoxy) is 3. The van der Waals surface area contributed by atoms with Crippen LogP contribution in [0.1, 0.15) is 23.6 Å². The first-order valence-corrected chi connectivity index (χ1v) is 11.4. The Hall–Kier alpha value is -3.64. The van der Waals surface area contributed by atoms with E-state index in [9.17, 15) is 10.2 Å². The van der Waals surface area contributed by atoms with Gasteiger partial charge in [-0.05, 0) is 64.3 Å². The molecule has 6 nitrogen and oxygen atoms in total. The highest BCUT2D eigenvalue weighted by Crippen LogP contribution is 2.47. The standard InChI is InChI=1S/C17H14O4.C11H17NO/c1-9-17-13-5-3-10(18)6-15(13)20-8-14(17)12-4-2-11(19)7-16(12)21-9;1-10-4-6-11(7-5-10)13-9-8-12(2)3/h2-7,9,18-19H,8H2,1H3;4-7H,8-9H2,1-3H3. The van der Waals surface area contributed by atoms with E-state index in [2.05, 4.69) is 24.0 Å². The number of aryl methyl sites for hydroxylation is 1. The Labute approximate surface area is 200 Å². The highest BCUT2D eigenvalue weighted by Gasteiger charge is 2.32. The monoisotopic (exact) mass is 461 g/mol. The number of likely N-dealkylation sites (N-methyl/N-ethyl adjacent to an activating group) is 1. The van der Waals surface area contributed by atoms with Crippen molar-refractivity contribution in [2.24, 2.45) is 0 Å². The van der Waals surface area contributed by atoms with E-state index in [1.165, 1.54) is 5.56 Å². The number of phenolic OH excluding ortho intramolecular Hbond substituents is 2. The number of hydrogen-bond donors (Lipinski definition) is 2. The van der Waals surface area contributed by atoms with Gasteiger partial charge in [0.05, 0.1) is 0 Å². The second kappa shape index (κ2) is 10.1. The van der Waals surface area contributed by atoms with Gasteiger partial charge in [0.25, 0.3) is 0 Å². The van der Waals surface area contributed by atoms with Gasteiger partial charge in [0.2, 0.25) is 0 Å². The van der Waals surface area contributed by atoms with Crippen LogP contribution in [0.25, 0.3) is 11.1 Å². The van der Waals surface area contributed by atoms with Crippen molar-refractivity contribution >= 4 is 11.1 Å². The molecule has 3 aromatic carbocycles. The predicted octanol–water partition coefficient (Wildman–Crippen LogP) is 5.12. The molecule has 0 amide bonds. The molecule has 6 heteroatoms. The fourth-order valence-corrected chi connectivity index (χ4v) is 4.02. The molecule has 5 rings (SSSR count). The van der Waals surface area contributed by atoms with Crippen LogP contribution in [-0.4, -0.2) is 55.1 Å². The topological polar surface area (TPSA) is 71.4 Å². The molecule has 2 aliphatic rings. The van der Waals surface area contributed by atoms with Crippen molar-refractivity contribution < 1.29 is 24.4 Å². The predicted molar refractivity (Wildman–Crippen MR) is 134 cm³/mol. The average molecular weight is 462 g/mol. The van der Waals surface area contributed by atoms with Crippen molar-refractivity contribution in [3.05, 3.63) is 77.4 Å². The number of phenols is 2. The van der Waals surface area contributed by atoms with Crippen LogP contribution in [0.15, 0.2) is 60.7 Å². The summed E-state index contributed by atoms with van der Waals surface area (Å²) in [5, 5.41) is 19.2. The molecule has 178 valence electrons. The smallest absolute Gasteiger partial charge is 0.131 e. The molecule has 1 atom stereocenters. The van der Waals surface area contributed by atoms with Crippen LogP contribution < -0.4 is 14.2 Å². The maximum atomic E-state index is 9.60. The Morgan fingerprint density at radius 2 is 1.56 bits per heavy atom. The molecule has 0 saturated heterocycles. The van der Waals surface area contributed by atoms with Crippen molar-refractivity contribution in [3.63, 3.8) is 0 Å². The zero-order chi connectivity index (χ0) is 24.2. The molecule has 0 radical (unpaired) electrons. The Kier molecular flexibility index (Phi) is 6.98. The number of nitrogens with zero attached hydrogens (tertiary/aromatic N) is 1. The Morgan fingerprint density at radius 1 is 0.912 bits per heavy atom. The molecular weight excluding hydrogens is 430 g/mol. The van der Waals surface area contributed by atoms with Crippen LogP contribution >= 0.6 is 0 Å². The third-order valence-electron chi connectivity index (χ3n) is 5.78. The van der Waals surface area contributed by atoms with Gasteiger partial charge < -0.3 is 29.3 Å². The van der Waals surface area contributed by atoms with Gasteiger partial charge in [-0.2, -0.15) is 0 Å². The van der Waals surface area contributed by atoms with Crippen LogP contribution in [0, 0.1) is 6.92 Å². The van der Waals surface area contributed by atoms with Gasteiger partial charge in [-0.15, -0.1) is 0 Å². The third-order valence-corrected chi connectivity index (χ3v) is 5.78. The number of benzene rings is 3. The minimum Gasteiger partial charge on any atom is -0.508 e. The van der Waals surface area contributed by atoms with Crippen molar-refractivity contribution in [3.8, 4) is 28.7 Å². The lowest BCUT2D eigenvalue weighted by molar-refractivity contribution is 0.261. The van der Waals surface area contributed by atoms with Crippen LogP contribution in [0.4, 0.5) is 0 Å². The normalized spacial score (nSPS) is 15.7. The van der Waals surface area contributed by atoms with E-state index >= 15 is 0 Å². The fourth-order valence-electron chi connectivity index (χ4n) is 4.02. The molecule has 2 aliphatic heterocycles. The number of hydrogen-bond acceptors (Lipinski definition) is 6. The maximum absolute atomic E-state index is 9.60. The number of rotatable bonds is 4. The average Bonchev–Trinajstić information content (AvgIpc) is 2.80. The molecule has 3 aromatic rings. The Bertz CT molecular complexity index is 1180. The summed E-state index contributed by atoms with van der Waals surface area (Å²) in [4.78, 5) is 2.11. The lowest BCUT2D eigenvalue weighted by atomic mass is 9.87. The summed E-state index contributed by atoms with van der Waals surface area (Å²) in [6.07, 6.45) is -0.138. The number of fused-ring (bicyclic) bond motifs is 4. The quantitative estimate of drug-likeness (QED) is 0.562. The summed E-state index contributed by atoms with van der Waals surface area (Å²) >= 11 is 0. The molecule has 0 aliphatic carbocycles. The molecule has 0 spiro atoms. The van der Waals surface area contributed by atoms with E-state index in [-0.39, 0.29) is 17.6 Å². The lowest BCUT2D eigenvalue weighted by Gasteiger charge is -2.33. The first-order chi connectivity index (χ1) is 16.3. The Morgan fingerprint density at radius 3 is 2.24 bits per heavy atom. The maximum Gasteiger partial charge on any atom is 0.131 e. The van der Waals surface area contributed by atoms with Crippen molar-refractivity contribution in [1.82, 2.24) is 4.90 Å². The minimum absolute atomic E-state index is 0.138. The van der Waals surface area contributed by atoms with E-state index in [0.29, 0.717) is 18.1 Å². The largest absolute Gasteiger partial charge is 0.508 e. The molecule has 0 aromatic heterocycles. The molecule has 2 N–H and O–H groups in total. The van der Waals surface area contributed by atoms with E-state index < -0.39 is 0 Å². The fraction of sp³-hybridized carbons (Fsp3) is 0.286. The van der Waals surface area contributed by atoms with E-state index in [1.807, 2.05) is 45.3 Å². The SMILES string of the molecule is CC1Oc2cc(O)ccc2C2=C1c1ccc(O)cc1OC2.Cc1ccc(OCCN(C)C)cc1. The first kappa shape index (κ1) is 23.5. The van der Waals surface area contributed by atoms with Gasteiger partial charge >= 0.3 is 0 Å². The molecule has 2 heterocycles. The van der Waals surface area contributed by atoms with E-state index in [0.717, 1.165) is 41.2 Å². The van der Waals surface area contributed by atoms with Crippen LogP contribution in [0.3, 0.4) is 0 Å². The van der Waals surface area contributed by atoms with E-state index in [4.69, 9.17) is 14.2 Å². The second-order valence-corrected chi connectivity index (χ2v) is 8.77. The summed E-state index contributed by atoms with van der Waals surface area (Å²) < 4.78 is 17.2. The van der Waals surface area contributed by atoms with Gasteiger partial charge in [-0.25, -0.2) is 0 Å². The molecule has 1 unspecified atom stereocenters. The lowest BCUT2D eigenvalue weighted by Crippen LogP contribution is -2.25. The third kappa shape index (κ3) is 5.29. The molecule has 34 heavy (non-hydrogen) atoms. The van der Waals surface area contributed by atoms with Gasteiger partial charge in [-0.3, -0.25) is 0 Å². The Balaban J connectivity index is 0.000000182. The molecule has 0 saturated carbocycles.